The van der Waals surface area contributed by atoms with Crippen molar-refractivity contribution in [3.8, 4) is 11.5 Å². The number of aryl methyl sites for hydroxylation is 1. The summed E-state index contributed by atoms with van der Waals surface area (Å²) in [5.41, 5.74) is 0.524. The number of anilines is 1. The van der Waals surface area contributed by atoms with Gasteiger partial charge in [0.2, 0.25) is 6.79 Å². The first-order chi connectivity index (χ1) is 13.2. The third-order valence-electron chi connectivity index (χ3n) is 4.01. The Morgan fingerprint density at radius 3 is 2.68 bits per heavy atom. The van der Waals surface area contributed by atoms with Crippen molar-refractivity contribution in [3.05, 3.63) is 53.1 Å². The highest BCUT2D eigenvalue weighted by molar-refractivity contribution is 5.99. The number of alkyl halides is 3. The minimum Gasteiger partial charge on any atom is -0.454 e. The number of carbonyl (C=O) groups is 1. The Hall–Kier alpha value is -3.23. The average molecular weight is 394 g/mol. The second-order valence-electron chi connectivity index (χ2n) is 6.09. The predicted molar refractivity (Wildman–Crippen MR) is 95.5 cm³/mol. The van der Waals surface area contributed by atoms with E-state index in [-0.39, 0.29) is 18.0 Å². The first kappa shape index (κ1) is 19.5. The van der Waals surface area contributed by atoms with Gasteiger partial charge in [-0.05, 0) is 49.7 Å². The molecule has 9 heteroatoms. The molecule has 0 radical (unpaired) electrons. The number of ether oxygens (including phenoxy) is 2. The number of rotatable bonds is 5. The molecule has 0 bridgehead atoms. The summed E-state index contributed by atoms with van der Waals surface area (Å²) >= 11 is 0. The number of halogens is 3. The van der Waals surface area contributed by atoms with Crippen molar-refractivity contribution in [1.29, 1.82) is 0 Å². The van der Waals surface area contributed by atoms with Gasteiger partial charge in [0, 0.05) is 11.3 Å². The van der Waals surface area contributed by atoms with Gasteiger partial charge in [0.15, 0.2) is 18.1 Å². The molecule has 0 atom stereocenters. The number of nitrogens with zero attached hydrogens (tertiary/aromatic N) is 1. The lowest BCUT2D eigenvalue weighted by atomic mass is 10.1. The molecule has 0 fully saturated rings. The number of nitrogens with one attached hydrogen (secondary N) is 1. The lowest BCUT2D eigenvalue weighted by Gasteiger charge is -2.12. The van der Waals surface area contributed by atoms with Crippen LogP contribution in [0, 0.1) is 6.92 Å². The van der Waals surface area contributed by atoms with Crippen LogP contribution in [0.2, 0.25) is 0 Å². The first-order valence-corrected chi connectivity index (χ1v) is 8.28. The third-order valence-corrected chi connectivity index (χ3v) is 4.01. The molecular formula is C19H17F3N2O4. The number of hydrogen-bond donors (Lipinski definition) is 1. The topological polar surface area (TPSA) is 69.2 Å². The standard InChI is InChI=1S/C19H17F3N2O4/c1-11-3-5-14(8-15(11)19(20,21)22)23-18(25)9-28-24-12(2)13-4-6-16-17(7-13)27-10-26-16/h3-8H,9-10H2,1-2H3,(H,23,25)/b24-12+. The summed E-state index contributed by atoms with van der Waals surface area (Å²) in [6, 6.07) is 8.80. The molecule has 1 aliphatic rings. The van der Waals surface area contributed by atoms with Gasteiger partial charge in [-0.2, -0.15) is 13.2 Å². The molecule has 2 aromatic rings. The van der Waals surface area contributed by atoms with Crippen molar-refractivity contribution in [1.82, 2.24) is 0 Å². The molecule has 2 aromatic carbocycles. The van der Waals surface area contributed by atoms with Crippen LogP contribution in [0.1, 0.15) is 23.6 Å². The number of hydrogen-bond acceptors (Lipinski definition) is 5. The highest BCUT2D eigenvalue weighted by Gasteiger charge is 2.32. The molecule has 148 valence electrons. The van der Waals surface area contributed by atoms with Gasteiger partial charge in [0.05, 0.1) is 11.3 Å². The van der Waals surface area contributed by atoms with Crippen LogP contribution >= 0.6 is 0 Å². The Kier molecular flexibility index (Phi) is 5.43. The van der Waals surface area contributed by atoms with E-state index in [1.807, 2.05) is 0 Å². The van der Waals surface area contributed by atoms with E-state index in [4.69, 9.17) is 14.3 Å². The summed E-state index contributed by atoms with van der Waals surface area (Å²) in [6.07, 6.45) is -4.49. The van der Waals surface area contributed by atoms with Crippen LogP contribution in [0.5, 0.6) is 11.5 Å². The van der Waals surface area contributed by atoms with Gasteiger partial charge < -0.3 is 19.6 Å². The molecule has 3 rings (SSSR count). The maximum Gasteiger partial charge on any atom is 0.416 e. The smallest absolute Gasteiger partial charge is 0.416 e. The predicted octanol–water partition coefficient (Wildman–Crippen LogP) is 4.12. The lowest BCUT2D eigenvalue weighted by Crippen LogP contribution is -2.18. The van der Waals surface area contributed by atoms with Crippen LogP contribution in [0.15, 0.2) is 41.6 Å². The summed E-state index contributed by atoms with van der Waals surface area (Å²) in [4.78, 5) is 16.9. The Balaban J connectivity index is 1.58. The molecule has 0 saturated heterocycles. The molecule has 1 N–H and O–H groups in total. The molecule has 0 aliphatic carbocycles. The largest absolute Gasteiger partial charge is 0.454 e. The van der Waals surface area contributed by atoms with E-state index in [1.165, 1.54) is 19.1 Å². The molecule has 1 heterocycles. The maximum atomic E-state index is 12.9. The summed E-state index contributed by atoms with van der Waals surface area (Å²) in [5, 5.41) is 6.21. The molecule has 0 unspecified atom stereocenters. The summed E-state index contributed by atoms with van der Waals surface area (Å²) in [6.45, 7) is 2.74. The van der Waals surface area contributed by atoms with Gasteiger partial charge in [0.25, 0.3) is 5.91 Å². The highest BCUT2D eigenvalue weighted by Crippen LogP contribution is 2.34. The zero-order valence-electron chi connectivity index (χ0n) is 15.1. The molecule has 6 nitrogen and oxygen atoms in total. The zero-order valence-corrected chi connectivity index (χ0v) is 15.1. The van der Waals surface area contributed by atoms with Crippen LogP contribution in [0.3, 0.4) is 0 Å². The minimum absolute atomic E-state index is 0.0306. The fourth-order valence-electron chi connectivity index (χ4n) is 2.56. The number of fused-ring (bicyclic) bond motifs is 1. The van der Waals surface area contributed by atoms with Crippen LogP contribution in [0.4, 0.5) is 18.9 Å². The molecule has 1 amide bonds. The number of amides is 1. The Morgan fingerprint density at radius 1 is 1.18 bits per heavy atom. The monoisotopic (exact) mass is 394 g/mol. The lowest BCUT2D eigenvalue weighted by molar-refractivity contribution is -0.138. The van der Waals surface area contributed by atoms with E-state index in [1.54, 1.807) is 25.1 Å². The first-order valence-electron chi connectivity index (χ1n) is 8.28. The SMILES string of the molecule is C/C(=N\OCC(=O)Nc1ccc(C)c(C(F)(F)F)c1)c1ccc2c(c1)OCO2. The van der Waals surface area contributed by atoms with Crippen molar-refractivity contribution in [2.45, 2.75) is 20.0 Å². The van der Waals surface area contributed by atoms with Crippen LogP contribution < -0.4 is 14.8 Å². The van der Waals surface area contributed by atoms with Crippen molar-refractivity contribution in [2.24, 2.45) is 5.16 Å². The number of oxime groups is 1. The van der Waals surface area contributed by atoms with E-state index in [0.29, 0.717) is 17.2 Å². The molecule has 0 aromatic heterocycles. The molecule has 1 aliphatic heterocycles. The maximum absolute atomic E-state index is 12.9. The van der Waals surface area contributed by atoms with Crippen LogP contribution in [-0.4, -0.2) is 25.0 Å². The van der Waals surface area contributed by atoms with E-state index in [0.717, 1.165) is 11.6 Å². The molecule has 0 saturated carbocycles. The number of carbonyl (C=O) groups excluding carboxylic acids is 1. The fraction of sp³-hybridized carbons (Fsp3) is 0.263. The van der Waals surface area contributed by atoms with Crippen molar-refractivity contribution >= 4 is 17.3 Å². The van der Waals surface area contributed by atoms with Gasteiger partial charge in [0.1, 0.15) is 0 Å². The number of benzene rings is 2. The summed E-state index contributed by atoms with van der Waals surface area (Å²) < 4.78 is 49.3. The second-order valence-corrected chi connectivity index (χ2v) is 6.09. The van der Waals surface area contributed by atoms with Crippen molar-refractivity contribution in [3.63, 3.8) is 0 Å². The molecule has 0 spiro atoms. The van der Waals surface area contributed by atoms with E-state index in [2.05, 4.69) is 10.5 Å². The van der Waals surface area contributed by atoms with Gasteiger partial charge in [-0.15, -0.1) is 0 Å². The van der Waals surface area contributed by atoms with Crippen molar-refractivity contribution in [2.75, 3.05) is 18.7 Å². The average Bonchev–Trinajstić information content (AvgIpc) is 3.10. The quantitative estimate of drug-likeness (QED) is 0.612. The zero-order chi connectivity index (χ0) is 20.3. The van der Waals surface area contributed by atoms with E-state index < -0.39 is 24.3 Å². The summed E-state index contributed by atoms with van der Waals surface area (Å²) in [5.74, 6) is 0.594. The molecular weight excluding hydrogens is 377 g/mol. The van der Waals surface area contributed by atoms with Crippen LogP contribution in [-0.2, 0) is 15.8 Å². The van der Waals surface area contributed by atoms with Gasteiger partial charge in [-0.3, -0.25) is 4.79 Å². The Bertz CT molecular complexity index is 926. The Labute approximate surface area is 158 Å². The van der Waals surface area contributed by atoms with Gasteiger partial charge >= 0.3 is 6.18 Å². The van der Waals surface area contributed by atoms with Crippen LogP contribution in [0.25, 0.3) is 0 Å². The second kappa shape index (κ2) is 7.79. The minimum atomic E-state index is -4.49. The molecule has 28 heavy (non-hydrogen) atoms. The fourth-order valence-corrected chi connectivity index (χ4v) is 2.56. The highest BCUT2D eigenvalue weighted by atomic mass is 19.4. The van der Waals surface area contributed by atoms with Gasteiger partial charge in [-0.1, -0.05) is 11.2 Å². The van der Waals surface area contributed by atoms with E-state index >= 15 is 0 Å². The normalized spacial score (nSPS) is 13.4. The third kappa shape index (κ3) is 4.54. The van der Waals surface area contributed by atoms with Gasteiger partial charge in [-0.25, -0.2) is 0 Å². The van der Waals surface area contributed by atoms with Crippen molar-refractivity contribution < 1.29 is 32.3 Å². The van der Waals surface area contributed by atoms with E-state index in [9.17, 15) is 18.0 Å². The summed E-state index contributed by atoms with van der Waals surface area (Å²) in [7, 11) is 0. The Morgan fingerprint density at radius 2 is 1.93 bits per heavy atom.